The van der Waals surface area contributed by atoms with Crippen LogP contribution in [0.25, 0.3) is 11.4 Å². The number of hydrogen-bond donors (Lipinski definition) is 0. The summed E-state index contributed by atoms with van der Waals surface area (Å²) in [5.74, 6) is -4.25. The van der Waals surface area contributed by atoms with Gasteiger partial charge in [-0.15, -0.1) is 0 Å². The summed E-state index contributed by atoms with van der Waals surface area (Å²) in [6.45, 7) is -1.45. The minimum Gasteiger partial charge on any atom is -0.373 e. The summed E-state index contributed by atoms with van der Waals surface area (Å²) >= 11 is 0. The number of alkyl halides is 6. The van der Waals surface area contributed by atoms with Gasteiger partial charge in [-0.05, 0) is 12.1 Å². The molecule has 0 spiro atoms. The Kier molecular flexibility index (Phi) is 5.64. The fraction of sp³-hybridized carbons (Fsp3) is 0.357. The Hall–Kier alpha value is -2.50. The molecular formula is C14H9F7N2O3. The van der Waals surface area contributed by atoms with E-state index in [4.69, 9.17) is 0 Å². The summed E-state index contributed by atoms with van der Waals surface area (Å²) in [4.78, 5) is 14.7. The van der Waals surface area contributed by atoms with Gasteiger partial charge in [-0.2, -0.15) is 31.3 Å². The minimum atomic E-state index is -4.90. The van der Waals surface area contributed by atoms with E-state index in [0.29, 0.717) is 6.07 Å². The molecule has 0 unspecified atom stereocenters. The molecule has 0 aliphatic carbocycles. The van der Waals surface area contributed by atoms with Gasteiger partial charge in [0.15, 0.2) is 5.78 Å². The van der Waals surface area contributed by atoms with Gasteiger partial charge in [0.25, 0.3) is 0 Å². The maximum absolute atomic E-state index is 14.0. The Morgan fingerprint density at radius 1 is 1.15 bits per heavy atom. The average Bonchev–Trinajstić information content (AvgIpc) is 3.00. The van der Waals surface area contributed by atoms with Crippen LogP contribution >= 0.6 is 0 Å². The zero-order chi connectivity index (χ0) is 19.5. The number of carbonyl (C=O) groups excluding carboxylic acids is 1. The van der Waals surface area contributed by atoms with Gasteiger partial charge in [-0.25, -0.2) is 4.39 Å². The maximum atomic E-state index is 14.0. The predicted octanol–water partition coefficient (Wildman–Crippen LogP) is 4.05. The lowest BCUT2D eigenvalue weighted by Crippen LogP contribution is -2.15. The number of halogens is 7. The lowest BCUT2D eigenvalue weighted by Gasteiger charge is -2.07. The molecule has 0 aliphatic rings. The average molecular weight is 386 g/mol. The molecule has 0 bridgehead atoms. The van der Waals surface area contributed by atoms with Gasteiger partial charge in [-0.3, -0.25) is 4.79 Å². The highest BCUT2D eigenvalue weighted by Crippen LogP contribution is 2.30. The number of nitrogens with zero attached hydrogens (tertiary/aromatic N) is 2. The molecule has 0 amide bonds. The number of benzene rings is 1. The van der Waals surface area contributed by atoms with Crippen molar-refractivity contribution in [3.63, 3.8) is 0 Å². The van der Waals surface area contributed by atoms with E-state index >= 15 is 0 Å². The Morgan fingerprint density at radius 2 is 1.85 bits per heavy atom. The molecule has 12 heteroatoms. The van der Waals surface area contributed by atoms with Crippen LogP contribution in [-0.2, 0) is 10.9 Å². The first-order valence-corrected chi connectivity index (χ1v) is 6.86. The molecule has 0 N–H and O–H groups in total. The van der Waals surface area contributed by atoms with Gasteiger partial charge in [0.05, 0.1) is 18.6 Å². The van der Waals surface area contributed by atoms with Gasteiger partial charge >= 0.3 is 18.2 Å². The van der Waals surface area contributed by atoms with Gasteiger partial charge < -0.3 is 9.26 Å². The largest absolute Gasteiger partial charge is 0.471 e. The van der Waals surface area contributed by atoms with Crippen molar-refractivity contribution in [2.45, 2.75) is 18.8 Å². The molecule has 1 heterocycles. The molecule has 0 aliphatic heterocycles. The zero-order valence-electron chi connectivity index (χ0n) is 12.6. The van der Waals surface area contributed by atoms with Gasteiger partial charge in [0.2, 0.25) is 5.82 Å². The first-order valence-electron chi connectivity index (χ1n) is 6.86. The van der Waals surface area contributed by atoms with Crippen molar-refractivity contribution in [1.82, 2.24) is 10.1 Å². The third kappa shape index (κ3) is 5.25. The molecule has 0 saturated carbocycles. The van der Waals surface area contributed by atoms with Gasteiger partial charge in [-0.1, -0.05) is 11.2 Å². The highest BCUT2D eigenvalue weighted by molar-refractivity contribution is 5.97. The second kappa shape index (κ2) is 7.40. The SMILES string of the molecule is O=C(COCCC(F)(F)F)c1ccc(-c2noc(C(F)(F)F)n2)c(F)c1. The monoisotopic (exact) mass is 386 g/mol. The molecule has 5 nitrogen and oxygen atoms in total. The first-order chi connectivity index (χ1) is 12.0. The number of ether oxygens (including phenoxy) is 1. The van der Waals surface area contributed by atoms with E-state index in [1.807, 2.05) is 0 Å². The molecule has 1 aromatic heterocycles. The number of ketones is 1. The molecule has 142 valence electrons. The van der Waals surface area contributed by atoms with Crippen molar-refractivity contribution in [2.24, 2.45) is 0 Å². The van der Waals surface area contributed by atoms with Crippen LogP contribution in [0.15, 0.2) is 22.7 Å². The van der Waals surface area contributed by atoms with E-state index in [2.05, 4.69) is 19.4 Å². The van der Waals surface area contributed by atoms with E-state index in [1.54, 1.807) is 0 Å². The molecule has 0 radical (unpaired) electrons. The number of hydrogen-bond acceptors (Lipinski definition) is 5. The second-order valence-corrected chi connectivity index (χ2v) is 4.96. The topological polar surface area (TPSA) is 65.2 Å². The normalized spacial score (nSPS) is 12.4. The Morgan fingerprint density at radius 3 is 2.38 bits per heavy atom. The lowest BCUT2D eigenvalue weighted by molar-refractivity contribution is -0.159. The molecule has 26 heavy (non-hydrogen) atoms. The van der Waals surface area contributed by atoms with Crippen molar-refractivity contribution in [1.29, 1.82) is 0 Å². The summed E-state index contributed by atoms with van der Waals surface area (Å²) in [6, 6.07) is 2.69. The van der Waals surface area contributed by atoms with Crippen LogP contribution in [0, 0.1) is 5.82 Å². The third-order valence-electron chi connectivity index (χ3n) is 2.96. The zero-order valence-corrected chi connectivity index (χ0v) is 12.6. The summed E-state index contributed by atoms with van der Waals surface area (Å²) in [6.07, 6.45) is -10.6. The van der Waals surface area contributed by atoms with E-state index in [1.165, 1.54) is 0 Å². The summed E-state index contributed by atoms with van der Waals surface area (Å²) in [7, 11) is 0. The van der Waals surface area contributed by atoms with Crippen molar-refractivity contribution < 1.29 is 44.8 Å². The first kappa shape index (κ1) is 19.8. The van der Waals surface area contributed by atoms with Crippen LogP contribution < -0.4 is 0 Å². The van der Waals surface area contributed by atoms with Crippen LogP contribution in [0.2, 0.25) is 0 Å². The van der Waals surface area contributed by atoms with E-state index in [9.17, 15) is 35.5 Å². The van der Waals surface area contributed by atoms with Crippen LogP contribution in [0.1, 0.15) is 22.7 Å². The van der Waals surface area contributed by atoms with Crippen LogP contribution in [0.4, 0.5) is 30.7 Å². The molecule has 0 fully saturated rings. The van der Waals surface area contributed by atoms with Crippen molar-refractivity contribution in [2.75, 3.05) is 13.2 Å². The van der Waals surface area contributed by atoms with E-state index in [-0.39, 0.29) is 5.56 Å². The van der Waals surface area contributed by atoms with Crippen LogP contribution in [0.3, 0.4) is 0 Å². The second-order valence-electron chi connectivity index (χ2n) is 4.96. The fourth-order valence-corrected chi connectivity index (χ4v) is 1.75. The molecular weight excluding hydrogens is 377 g/mol. The van der Waals surface area contributed by atoms with Gasteiger partial charge in [0.1, 0.15) is 12.4 Å². The molecule has 2 rings (SSSR count). The van der Waals surface area contributed by atoms with E-state index < -0.39 is 60.9 Å². The van der Waals surface area contributed by atoms with Crippen molar-refractivity contribution in [3.8, 4) is 11.4 Å². The fourth-order valence-electron chi connectivity index (χ4n) is 1.75. The van der Waals surface area contributed by atoms with Crippen molar-refractivity contribution >= 4 is 5.78 Å². The summed E-state index contributed by atoms with van der Waals surface area (Å²) in [5.41, 5.74) is -0.684. The number of carbonyl (C=O) groups is 1. The summed E-state index contributed by atoms with van der Waals surface area (Å²) < 4.78 is 95.5. The molecule has 2 aromatic rings. The van der Waals surface area contributed by atoms with E-state index in [0.717, 1.165) is 12.1 Å². The third-order valence-corrected chi connectivity index (χ3v) is 2.96. The molecule has 1 aromatic carbocycles. The predicted molar refractivity (Wildman–Crippen MR) is 70.5 cm³/mol. The Labute approximate surface area is 140 Å². The highest BCUT2D eigenvalue weighted by Gasteiger charge is 2.38. The van der Waals surface area contributed by atoms with Crippen LogP contribution in [-0.4, -0.2) is 35.3 Å². The molecule has 0 saturated heterocycles. The lowest BCUT2D eigenvalue weighted by atomic mass is 10.1. The molecule has 0 atom stereocenters. The van der Waals surface area contributed by atoms with Gasteiger partial charge in [0, 0.05) is 5.56 Å². The highest BCUT2D eigenvalue weighted by atomic mass is 19.4. The smallest absolute Gasteiger partial charge is 0.373 e. The number of Topliss-reactive ketones (excluding diaryl/α,β-unsaturated/α-hetero) is 1. The number of aromatic nitrogens is 2. The number of rotatable bonds is 6. The quantitative estimate of drug-likeness (QED) is 0.426. The standard InChI is InChI=1S/C14H9F7N2O3/c15-9-5-7(10(24)6-25-4-3-13(16,17)18)1-2-8(9)11-22-12(26-23-11)14(19,20)21/h1-2,5H,3-4,6H2. The maximum Gasteiger partial charge on any atom is 0.471 e. The Balaban J connectivity index is 2.05. The van der Waals surface area contributed by atoms with Crippen molar-refractivity contribution in [3.05, 3.63) is 35.5 Å². The Bertz CT molecular complexity index is 784. The summed E-state index contributed by atoms with van der Waals surface area (Å²) in [5, 5.41) is 3.01. The van der Waals surface area contributed by atoms with Crippen LogP contribution in [0.5, 0.6) is 0 Å². The minimum absolute atomic E-state index is 0.238.